The maximum atomic E-state index is 12.9. The van der Waals surface area contributed by atoms with Crippen molar-refractivity contribution in [3.05, 3.63) is 55.5 Å². The van der Waals surface area contributed by atoms with Crippen molar-refractivity contribution in [3.8, 4) is 6.07 Å². The minimum Gasteiger partial charge on any atom is -0.356 e. The van der Waals surface area contributed by atoms with Gasteiger partial charge in [-0.1, -0.05) is 18.7 Å². The third kappa shape index (κ3) is 5.67. The van der Waals surface area contributed by atoms with Gasteiger partial charge in [-0.05, 0) is 74.7 Å². The Kier molecular flexibility index (Phi) is 9.82. The van der Waals surface area contributed by atoms with Crippen molar-refractivity contribution in [1.82, 2.24) is 15.1 Å². The average molecular weight is 555 g/mol. The zero-order valence-electron chi connectivity index (χ0n) is 22.9. The summed E-state index contributed by atoms with van der Waals surface area (Å²) in [6, 6.07) is 6.25. The van der Waals surface area contributed by atoms with Crippen molar-refractivity contribution < 1.29 is 4.79 Å². The molecule has 0 saturated heterocycles. The number of hydrogen-bond donors (Lipinski definition) is 3. The normalized spacial score (nSPS) is 18.1. The van der Waals surface area contributed by atoms with E-state index in [0.717, 1.165) is 41.0 Å². The van der Waals surface area contributed by atoms with Gasteiger partial charge in [0.1, 0.15) is 6.04 Å². The van der Waals surface area contributed by atoms with Gasteiger partial charge in [-0.2, -0.15) is 5.26 Å². The Morgan fingerprint density at radius 1 is 1.34 bits per heavy atom. The van der Waals surface area contributed by atoms with Crippen LogP contribution in [-0.2, 0) is 18.3 Å². The van der Waals surface area contributed by atoms with Crippen molar-refractivity contribution in [3.63, 3.8) is 0 Å². The molecule has 38 heavy (non-hydrogen) atoms. The van der Waals surface area contributed by atoms with Gasteiger partial charge >= 0.3 is 0 Å². The van der Waals surface area contributed by atoms with Crippen molar-refractivity contribution in [2.24, 2.45) is 16.2 Å². The van der Waals surface area contributed by atoms with Crippen LogP contribution in [0.3, 0.4) is 0 Å². The third-order valence-corrected chi connectivity index (χ3v) is 9.44. The second-order valence-corrected chi connectivity index (χ2v) is 12.0. The lowest BCUT2D eigenvalue weighted by Gasteiger charge is -2.35. The fourth-order valence-electron chi connectivity index (χ4n) is 5.20. The molecule has 0 saturated carbocycles. The lowest BCUT2D eigenvalue weighted by Crippen LogP contribution is -2.42. The number of nitrogens with two attached hydrogens (primary N) is 1. The number of amides is 1. The van der Waals surface area contributed by atoms with Gasteiger partial charge in [0.15, 0.2) is 5.84 Å². The summed E-state index contributed by atoms with van der Waals surface area (Å²) in [7, 11) is 3.49. The van der Waals surface area contributed by atoms with Gasteiger partial charge in [0.25, 0.3) is 5.91 Å². The minimum atomic E-state index is -0.893. The van der Waals surface area contributed by atoms with Crippen molar-refractivity contribution in [1.29, 1.82) is 10.7 Å². The molecule has 2 aromatic heterocycles. The average Bonchev–Trinajstić information content (AvgIpc) is 3.52. The molecular formula is C27H38N8OS2. The Balaban J connectivity index is 1.97. The van der Waals surface area contributed by atoms with Gasteiger partial charge in [0.05, 0.1) is 16.4 Å². The standard InChI is InChI=1S/C27H38N8OS2/c1-7-17(2)35(18(3)15-28)19(4)16-31-12-11-27(26(29)32-33-30)20-10-13-37-22(20)8-9-23-21(27)14-24(38-23)25(36)34(5)6/h10,13-14,17-18,31H,4,7-9,11-12,16H2,1-3,5-6H3,(H3,29,30,32). The van der Waals surface area contributed by atoms with Gasteiger partial charge in [-0.25, -0.2) is 0 Å². The number of fused-ring (bicyclic) bond motifs is 2. The summed E-state index contributed by atoms with van der Waals surface area (Å²) in [5, 5.41) is 31.7. The molecule has 0 aromatic carbocycles. The number of amidine groups is 1. The molecule has 1 aliphatic rings. The van der Waals surface area contributed by atoms with E-state index in [-0.39, 0.29) is 23.8 Å². The Bertz CT molecular complexity index is 1240. The van der Waals surface area contributed by atoms with Crippen LogP contribution < -0.4 is 11.2 Å². The Morgan fingerprint density at radius 3 is 2.68 bits per heavy atom. The molecule has 11 heteroatoms. The zero-order chi connectivity index (χ0) is 28.0. The van der Waals surface area contributed by atoms with Crippen LogP contribution in [0.2, 0.25) is 0 Å². The van der Waals surface area contributed by atoms with E-state index in [4.69, 9.17) is 11.3 Å². The number of carbonyl (C=O) groups is 1. The van der Waals surface area contributed by atoms with Gasteiger partial charge < -0.3 is 21.0 Å². The van der Waals surface area contributed by atoms with E-state index in [9.17, 15) is 10.1 Å². The second kappa shape index (κ2) is 12.7. The maximum Gasteiger partial charge on any atom is 0.263 e. The molecule has 0 spiro atoms. The molecule has 3 atom stereocenters. The van der Waals surface area contributed by atoms with Gasteiger partial charge in [-0.3, -0.25) is 10.2 Å². The van der Waals surface area contributed by atoms with Crippen LogP contribution in [0.4, 0.5) is 0 Å². The first-order chi connectivity index (χ1) is 18.1. The lowest BCUT2D eigenvalue weighted by molar-refractivity contribution is 0.0832. The van der Waals surface area contributed by atoms with E-state index >= 15 is 0 Å². The molecule has 2 aromatic rings. The van der Waals surface area contributed by atoms with Gasteiger partial charge in [0.2, 0.25) is 0 Å². The minimum absolute atomic E-state index is 0.0549. The topological polar surface area (TPSA) is 134 Å². The molecule has 204 valence electrons. The fraction of sp³-hybridized carbons (Fsp3) is 0.519. The van der Waals surface area contributed by atoms with E-state index in [0.29, 0.717) is 24.4 Å². The Labute approximate surface area is 233 Å². The quantitative estimate of drug-likeness (QED) is 0.0924. The maximum absolute atomic E-state index is 12.9. The molecule has 2 heterocycles. The second-order valence-electron chi connectivity index (χ2n) is 9.84. The van der Waals surface area contributed by atoms with Crippen LogP contribution in [0.5, 0.6) is 0 Å². The summed E-state index contributed by atoms with van der Waals surface area (Å²) in [6.07, 6.45) is 3.07. The Hall–Kier alpha value is -3.07. The van der Waals surface area contributed by atoms with E-state index in [1.165, 1.54) is 16.2 Å². The van der Waals surface area contributed by atoms with Crippen LogP contribution in [0.25, 0.3) is 0 Å². The van der Waals surface area contributed by atoms with E-state index < -0.39 is 5.41 Å². The third-order valence-electron chi connectivity index (χ3n) is 7.27. The summed E-state index contributed by atoms with van der Waals surface area (Å²) in [5.41, 5.74) is 1.92. The van der Waals surface area contributed by atoms with Crippen molar-refractivity contribution in [2.45, 2.75) is 64.0 Å². The summed E-state index contributed by atoms with van der Waals surface area (Å²) in [4.78, 5) is 19.5. The zero-order valence-corrected chi connectivity index (χ0v) is 24.5. The van der Waals surface area contributed by atoms with Crippen LogP contribution in [0, 0.1) is 16.7 Å². The van der Waals surface area contributed by atoms with Crippen molar-refractivity contribution >= 4 is 34.4 Å². The Morgan fingerprint density at radius 2 is 2.05 bits per heavy atom. The molecule has 3 rings (SSSR count). The summed E-state index contributed by atoms with van der Waals surface area (Å²) >= 11 is 3.18. The van der Waals surface area contributed by atoms with Crippen LogP contribution in [0.15, 0.2) is 40.1 Å². The predicted octanol–water partition coefficient (Wildman–Crippen LogP) is 4.71. The van der Waals surface area contributed by atoms with Crippen LogP contribution >= 0.6 is 22.7 Å². The van der Waals surface area contributed by atoms with E-state index in [1.807, 2.05) is 13.0 Å². The molecule has 1 aliphatic carbocycles. The first-order valence-corrected chi connectivity index (χ1v) is 14.5. The smallest absolute Gasteiger partial charge is 0.263 e. The molecule has 1 amide bonds. The highest BCUT2D eigenvalue weighted by Gasteiger charge is 2.45. The molecule has 0 bridgehead atoms. The number of thiophene rings is 2. The molecule has 3 unspecified atom stereocenters. The number of hydrogen-bond acceptors (Lipinski definition) is 8. The highest BCUT2D eigenvalue weighted by atomic mass is 32.1. The highest BCUT2D eigenvalue weighted by Crippen LogP contribution is 2.47. The number of nitriles is 1. The number of aryl methyl sites for hydroxylation is 2. The lowest BCUT2D eigenvalue weighted by atomic mass is 9.71. The first-order valence-electron chi connectivity index (χ1n) is 12.8. The van der Waals surface area contributed by atoms with E-state index in [1.54, 1.807) is 30.3 Å². The number of carbonyl (C=O) groups excluding carboxylic acids is 1. The first kappa shape index (κ1) is 29.5. The highest BCUT2D eigenvalue weighted by molar-refractivity contribution is 7.14. The SMILES string of the molecule is C=C(CNCCC1(C(=N)N=NN)c2ccsc2CCc2sc(C(=O)N(C)C)cc21)N(C(C)C#N)C(C)CC. The van der Waals surface area contributed by atoms with Gasteiger partial charge in [0, 0.05) is 42.1 Å². The summed E-state index contributed by atoms with van der Waals surface area (Å²) in [6.45, 7) is 11.4. The summed E-state index contributed by atoms with van der Waals surface area (Å²) < 4.78 is 0. The largest absolute Gasteiger partial charge is 0.356 e. The van der Waals surface area contributed by atoms with Crippen molar-refractivity contribution in [2.75, 3.05) is 27.2 Å². The number of nitrogens with one attached hydrogen (secondary N) is 2. The molecule has 0 radical (unpaired) electrons. The van der Waals surface area contributed by atoms with Gasteiger partial charge in [-0.15, -0.1) is 27.8 Å². The van der Waals surface area contributed by atoms with Crippen LogP contribution in [0.1, 0.15) is 64.2 Å². The molecule has 0 fully saturated rings. The van der Waals surface area contributed by atoms with Crippen LogP contribution in [-0.4, -0.2) is 60.8 Å². The molecule has 4 N–H and O–H groups in total. The van der Waals surface area contributed by atoms with E-state index in [2.05, 4.69) is 58.5 Å². The summed E-state index contributed by atoms with van der Waals surface area (Å²) in [5.74, 6) is 5.46. The number of rotatable bonds is 11. The molecule has 0 aliphatic heterocycles. The monoisotopic (exact) mass is 554 g/mol. The predicted molar refractivity (Wildman–Crippen MR) is 155 cm³/mol. The fourth-order valence-corrected chi connectivity index (χ4v) is 7.42. The number of nitrogens with zero attached hydrogens (tertiary/aromatic N) is 5. The molecule has 9 nitrogen and oxygen atoms in total. The molecular weight excluding hydrogens is 516 g/mol.